The lowest BCUT2D eigenvalue weighted by Crippen LogP contribution is -2.50. The zero-order valence-corrected chi connectivity index (χ0v) is 28.2. The van der Waals surface area contributed by atoms with E-state index < -0.39 is 11.8 Å². The first-order valence-corrected chi connectivity index (χ1v) is 17.9. The number of allylic oxidation sites excluding steroid dienone is 4. The van der Waals surface area contributed by atoms with Gasteiger partial charge in [-0.05, 0) is 81.4 Å². The van der Waals surface area contributed by atoms with Gasteiger partial charge in [-0.25, -0.2) is 0 Å². The third kappa shape index (κ3) is 9.39. The zero-order valence-electron chi connectivity index (χ0n) is 28.2. The van der Waals surface area contributed by atoms with Crippen molar-refractivity contribution in [2.75, 3.05) is 32.9 Å². The largest absolute Gasteiger partial charge is 0.357 e. The SMILES string of the molecule is CC(CC1C(=O)N(CCCCCCN)C(=O)C1C(CC1OCN(CCCCCCN)C(=O)C1C)C1C=CC=CC1)c1ccccc1. The second kappa shape index (κ2) is 18.5. The molecule has 3 aliphatic rings. The van der Waals surface area contributed by atoms with Gasteiger partial charge < -0.3 is 21.1 Å². The van der Waals surface area contributed by atoms with Crippen LogP contribution in [0.4, 0.5) is 0 Å². The van der Waals surface area contributed by atoms with E-state index in [1.54, 1.807) is 4.90 Å². The van der Waals surface area contributed by atoms with E-state index in [1.165, 1.54) is 5.56 Å². The number of benzene rings is 1. The Morgan fingerprint density at radius 3 is 2.15 bits per heavy atom. The molecule has 2 aliphatic heterocycles. The second-order valence-electron chi connectivity index (χ2n) is 13.8. The predicted molar refractivity (Wildman–Crippen MR) is 183 cm³/mol. The topological polar surface area (TPSA) is 119 Å². The molecule has 2 fully saturated rings. The van der Waals surface area contributed by atoms with Gasteiger partial charge in [0.2, 0.25) is 17.7 Å². The molecule has 3 amide bonds. The summed E-state index contributed by atoms with van der Waals surface area (Å²) in [5, 5.41) is 0. The minimum Gasteiger partial charge on any atom is -0.357 e. The third-order valence-electron chi connectivity index (χ3n) is 10.5. The molecule has 1 aliphatic carbocycles. The number of nitrogens with zero attached hydrogens (tertiary/aromatic N) is 2. The van der Waals surface area contributed by atoms with Crippen LogP contribution in [-0.4, -0.2) is 66.5 Å². The maximum atomic E-state index is 14.4. The lowest BCUT2D eigenvalue weighted by atomic mass is 9.68. The van der Waals surface area contributed by atoms with E-state index in [4.69, 9.17) is 16.2 Å². The Morgan fingerprint density at radius 2 is 1.50 bits per heavy atom. The van der Waals surface area contributed by atoms with Crippen LogP contribution in [-0.2, 0) is 19.1 Å². The molecule has 46 heavy (non-hydrogen) atoms. The number of carbonyl (C=O) groups excluding carboxylic acids is 3. The van der Waals surface area contributed by atoms with Crippen LogP contribution in [0.25, 0.3) is 0 Å². The number of hydrogen-bond acceptors (Lipinski definition) is 6. The van der Waals surface area contributed by atoms with Crippen molar-refractivity contribution in [3.05, 3.63) is 60.2 Å². The normalized spacial score (nSPS) is 26.3. The highest BCUT2D eigenvalue weighted by Gasteiger charge is 2.53. The number of rotatable bonds is 19. The summed E-state index contributed by atoms with van der Waals surface area (Å²) in [6.45, 7) is 6.90. The summed E-state index contributed by atoms with van der Waals surface area (Å²) in [5.41, 5.74) is 12.5. The Balaban J connectivity index is 1.55. The molecular formula is C38H58N4O4. The maximum absolute atomic E-state index is 14.4. The van der Waals surface area contributed by atoms with Gasteiger partial charge >= 0.3 is 0 Å². The van der Waals surface area contributed by atoms with Crippen LogP contribution in [0.3, 0.4) is 0 Å². The van der Waals surface area contributed by atoms with Gasteiger partial charge in [-0.2, -0.15) is 0 Å². The van der Waals surface area contributed by atoms with E-state index in [0.717, 1.165) is 57.8 Å². The Kier molecular flexibility index (Phi) is 14.5. The van der Waals surface area contributed by atoms with Gasteiger partial charge in [0.15, 0.2) is 0 Å². The number of nitrogens with two attached hydrogens (primary N) is 2. The van der Waals surface area contributed by atoms with Crippen molar-refractivity contribution < 1.29 is 19.1 Å². The van der Waals surface area contributed by atoms with Gasteiger partial charge in [0, 0.05) is 13.1 Å². The van der Waals surface area contributed by atoms with Crippen molar-refractivity contribution in [2.45, 2.75) is 96.5 Å². The minimum atomic E-state index is -0.449. The molecule has 0 aromatic heterocycles. The van der Waals surface area contributed by atoms with E-state index in [2.05, 4.69) is 37.3 Å². The van der Waals surface area contributed by atoms with Crippen molar-refractivity contribution >= 4 is 17.7 Å². The molecule has 7 unspecified atom stereocenters. The number of carbonyl (C=O) groups is 3. The Labute approximate surface area is 277 Å². The number of imide groups is 1. The summed E-state index contributed by atoms with van der Waals surface area (Å²) >= 11 is 0. The quantitative estimate of drug-likeness (QED) is 0.147. The molecule has 0 bridgehead atoms. The molecule has 1 aromatic rings. The van der Waals surface area contributed by atoms with Crippen molar-refractivity contribution in [3.8, 4) is 0 Å². The number of amides is 3. The van der Waals surface area contributed by atoms with Crippen molar-refractivity contribution in [1.29, 1.82) is 0 Å². The summed E-state index contributed by atoms with van der Waals surface area (Å²) in [6.07, 6.45) is 17.9. The lowest BCUT2D eigenvalue weighted by Gasteiger charge is -2.40. The van der Waals surface area contributed by atoms with Gasteiger partial charge in [-0.1, -0.05) is 94.2 Å². The summed E-state index contributed by atoms with van der Waals surface area (Å²) < 4.78 is 6.43. The highest BCUT2D eigenvalue weighted by Crippen LogP contribution is 2.45. The monoisotopic (exact) mass is 634 g/mol. The molecular weight excluding hydrogens is 576 g/mol. The predicted octanol–water partition coefficient (Wildman–Crippen LogP) is 5.78. The molecule has 8 heteroatoms. The smallest absolute Gasteiger partial charge is 0.233 e. The van der Waals surface area contributed by atoms with E-state index in [9.17, 15) is 14.4 Å². The van der Waals surface area contributed by atoms with Crippen LogP contribution < -0.4 is 11.5 Å². The van der Waals surface area contributed by atoms with Gasteiger partial charge in [0.05, 0.1) is 23.9 Å². The molecule has 8 nitrogen and oxygen atoms in total. The summed E-state index contributed by atoms with van der Waals surface area (Å²) in [7, 11) is 0. The Morgan fingerprint density at radius 1 is 0.826 bits per heavy atom. The number of ether oxygens (including phenoxy) is 1. The Bertz CT molecular complexity index is 1170. The summed E-state index contributed by atoms with van der Waals surface area (Å²) in [6, 6.07) is 10.3. The van der Waals surface area contributed by atoms with Crippen molar-refractivity contribution in [1.82, 2.24) is 9.80 Å². The van der Waals surface area contributed by atoms with Crippen molar-refractivity contribution in [3.63, 3.8) is 0 Å². The highest BCUT2D eigenvalue weighted by molar-refractivity contribution is 6.05. The lowest BCUT2D eigenvalue weighted by molar-refractivity contribution is -0.167. The molecule has 2 saturated heterocycles. The van der Waals surface area contributed by atoms with Gasteiger partial charge in [0.1, 0.15) is 6.73 Å². The molecule has 0 radical (unpaired) electrons. The molecule has 0 saturated carbocycles. The van der Waals surface area contributed by atoms with Crippen LogP contribution >= 0.6 is 0 Å². The fourth-order valence-electron chi connectivity index (χ4n) is 7.69. The van der Waals surface area contributed by atoms with Crippen LogP contribution in [0.2, 0.25) is 0 Å². The minimum absolute atomic E-state index is 0.0357. The molecule has 2 heterocycles. The van der Waals surface area contributed by atoms with E-state index in [-0.39, 0.29) is 54.2 Å². The van der Waals surface area contributed by atoms with E-state index >= 15 is 0 Å². The number of likely N-dealkylation sites (tertiary alicyclic amines) is 1. The van der Waals surface area contributed by atoms with Crippen LogP contribution in [0, 0.1) is 29.6 Å². The Hall–Kier alpha value is -2.81. The van der Waals surface area contributed by atoms with Crippen LogP contribution in [0.15, 0.2) is 54.6 Å². The molecule has 1 aromatic carbocycles. The van der Waals surface area contributed by atoms with Crippen molar-refractivity contribution in [2.24, 2.45) is 41.1 Å². The first-order chi connectivity index (χ1) is 22.4. The first-order valence-electron chi connectivity index (χ1n) is 17.9. The van der Waals surface area contributed by atoms with E-state index in [1.807, 2.05) is 36.1 Å². The number of unbranched alkanes of at least 4 members (excludes halogenated alkanes) is 6. The fraction of sp³-hybridized carbons (Fsp3) is 0.658. The van der Waals surface area contributed by atoms with Crippen LogP contribution in [0.5, 0.6) is 0 Å². The van der Waals surface area contributed by atoms with Gasteiger partial charge in [-0.15, -0.1) is 0 Å². The second-order valence-corrected chi connectivity index (χ2v) is 13.8. The number of hydrogen-bond donors (Lipinski definition) is 2. The van der Waals surface area contributed by atoms with Gasteiger partial charge in [-0.3, -0.25) is 19.3 Å². The summed E-state index contributed by atoms with van der Waals surface area (Å²) in [5.74, 6) is -1.02. The van der Waals surface area contributed by atoms with E-state index in [0.29, 0.717) is 39.0 Å². The molecule has 4 rings (SSSR count). The first kappa shape index (κ1) is 36.0. The van der Waals surface area contributed by atoms with Crippen LogP contribution in [0.1, 0.15) is 96.0 Å². The summed E-state index contributed by atoms with van der Waals surface area (Å²) in [4.78, 5) is 45.5. The maximum Gasteiger partial charge on any atom is 0.233 e. The standard InChI is InChI=1S/C38H58N4O4/c1-28(30-17-9-7-10-18-30)25-33-35(38(45)42(37(33)44)24-16-6-4-14-22-40)32(31-19-11-8-12-20-31)26-34-29(2)36(43)41(27-46-34)23-15-5-3-13-21-39/h7-12,17-19,28-29,31-35H,3-6,13-16,20-27,39-40H2,1-2H3. The molecule has 4 N–H and O–H groups in total. The third-order valence-corrected chi connectivity index (χ3v) is 10.5. The molecule has 0 spiro atoms. The molecule has 254 valence electrons. The molecule has 7 atom stereocenters. The zero-order chi connectivity index (χ0) is 32.9. The average Bonchev–Trinajstić information content (AvgIpc) is 3.30. The highest BCUT2D eigenvalue weighted by atomic mass is 16.5. The fourth-order valence-corrected chi connectivity index (χ4v) is 7.69. The average molecular weight is 635 g/mol. The van der Waals surface area contributed by atoms with Gasteiger partial charge in [0.25, 0.3) is 0 Å².